The standard InChI is InChI=1S/C71H130O6/c1-4-7-10-13-16-19-22-25-27-28-29-30-31-32-33-34-35-36-37-38-39-40-41-42-44-46-49-52-55-58-61-64-70(73)76-67-68(66-75-69(72)63-60-57-54-51-48-45-24-21-18-15-12-9-6-3)77-71(74)65-62-59-56-53-50-47-43-26-23-20-17-14-11-8-5-2/h9,12,18,21,45,48,54,57,68H,4-8,10-11,13-17,19-20,22-44,46-47,49-53,55-56,58-67H2,1-3H3/b12-9-,21-18-,48-45-,57-54-. The van der Waals surface area contributed by atoms with Gasteiger partial charge in [0, 0.05) is 19.3 Å². The van der Waals surface area contributed by atoms with Crippen LogP contribution in [0.25, 0.3) is 0 Å². The molecular formula is C71H130O6. The zero-order valence-electron chi connectivity index (χ0n) is 51.7. The summed E-state index contributed by atoms with van der Waals surface area (Å²) in [4.78, 5) is 38.2. The summed E-state index contributed by atoms with van der Waals surface area (Å²) < 4.78 is 16.9. The summed E-state index contributed by atoms with van der Waals surface area (Å²) >= 11 is 0. The molecule has 6 nitrogen and oxygen atoms in total. The Kier molecular flexibility index (Phi) is 63.6. The van der Waals surface area contributed by atoms with Gasteiger partial charge in [-0.3, -0.25) is 14.4 Å². The van der Waals surface area contributed by atoms with Gasteiger partial charge in [-0.2, -0.15) is 0 Å². The first-order valence-corrected chi connectivity index (χ1v) is 34.1. The van der Waals surface area contributed by atoms with E-state index < -0.39 is 6.10 Å². The van der Waals surface area contributed by atoms with Gasteiger partial charge >= 0.3 is 17.9 Å². The van der Waals surface area contributed by atoms with Gasteiger partial charge in [0.15, 0.2) is 6.10 Å². The second-order valence-corrected chi connectivity index (χ2v) is 23.1. The normalized spacial score (nSPS) is 12.3. The Labute approximate surface area is 479 Å². The Balaban J connectivity index is 4.13. The molecule has 0 aliphatic carbocycles. The lowest BCUT2D eigenvalue weighted by Crippen LogP contribution is -2.30. The van der Waals surface area contributed by atoms with Crippen LogP contribution in [-0.4, -0.2) is 37.2 Å². The molecule has 450 valence electrons. The predicted octanol–water partition coefficient (Wildman–Crippen LogP) is 23.3. The van der Waals surface area contributed by atoms with Gasteiger partial charge in [-0.1, -0.05) is 352 Å². The molecule has 0 aromatic heterocycles. The van der Waals surface area contributed by atoms with Crippen molar-refractivity contribution in [1.29, 1.82) is 0 Å². The van der Waals surface area contributed by atoms with Crippen molar-refractivity contribution in [3.8, 4) is 0 Å². The predicted molar refractivity (Wildman–Crippen MR) is 335 cm³/mol. The maximum absolute atomic E-state index is 12.9. The van der Waals surface area contributed by atoms with E-state index in [1.54, 1.807) is 0 Å². The van der Waals surface area contributed by atoms with Crippen LogP contribution in [0.15, 0.2) is 48.6 Å². The molecule has 0 aliphatic heterocycles. The van der Waals surface area contributed by atoms with Gasteiger partial charge in [0.2, 0.25) is 0 Å². The fourth-order valence-corrected chi connectivity index (χ4v) is 10.3. The molecule has 0 fully saturated rings. The third-order valence-electron chi connectivity index (χ3n) is 15.4. The molecule has 0 rings (SSSR count). The van der Waals surface area contributed by atoms with Gasteiger partial charge in [-0.15, -0.1) is 0 Å². The molecule has 0 saturated heterocycles. The van der Waals surface area contributed by atoms with Crippen molar-refractivity contribution in [2.24, 2.45) is 0 Å². The highest BCUT2D eigenvalue weighted by molar-refractivity contribution is 5.71. The molecule has 0 N–H and O–H groups in total. The molecule has 0 saturated carbocycles. The minimum Gasteiger partial charge on any atom is -0.462 e. The van der Waals surface area contributed by atoms with Crippen LogP contribution in [-0.2, 0) is 28.6 Å². The average Bonchev–Trinajstić information content (AvgIpc) is 3.43. The first-order valence-electron chi connectivity index (χ1n) is 34.1. The lowest BCUT2D eigenvalue weighted by molar-refractivity contribution is -0.166. The third kappa shape index (κ3) is 64.1. The largest absolute Gasteiger partial charge is 0.462 e. The Hall–Kier alpha value is -2.63. The van der Waals surface area contributed by atoms with Gasteiger partial charge in [-0.05, 0) is 44.9 Å². The Morgan fingerprint density at radius 3 is 0.792 bits per heavy atom. The molecule has 0 aliphatic rings. The molecule has 0 bridgehead atoms. The monoisotopic (exact) mass is 1080 g/mol. The maximum atomic E-state index is 12.9. The highest BCUT2D eigenvalue weighted by Crippen LogP contribution is 2.19. The molecule has 6 heteroatoms. The number of ether oxygens (including phenoxy) is 3. The fourth-order valence-electron chi connectivity index (χ4n) is 10.3. The van der Waals surface area contributed by atoms with E-state index in [2.05, 4.69) is 63.3 Å². The Bertz CT molecular complexity index is 1330. The van der Waals surface area contributed by atoms with E-state index in [1.165, 1.54) is 257 Å². The van der Waals surface area contributed by atoms with Gasteiger partial charge < -0.3 is 14.2 Å². The van der Waals surface area contributed by atoms with Gasteiger partial charge in [0.1, 0.15) is 13.2 Å². The van der Waals surface area contributed by atoms with Crippen molar-refractivity contribution >= 4 is 17.9 Å². The minimum atomic E-state index is -0.799. The molecule has 77 heavy (non-hydrogen) atoms. The van der Waals surface area contributed by atoms with Crippen molar-refractivity contribution < 1.29 is 28.6 Å². The SMILES string of the molecule is CC/C=C\C/C=C\C/C=C\C/C=C\CCC(=O)OCC(COC(=O)CCCCCCCCCCCCCCCCCCCCCCCCCCCCCCCCC)OC(=O)CCCCCCCCCCCCCCCCC. The lowest BCUT2D eigenvalue weighted by Gasteiger charge is -2.18. The molecule has 0 aromatic carbocycles. The van der Waals surface area contributed by atoms with Gasteiger partial charge in [0.05, 0.1) is 0 Å². The molecular weight excluding hydrogens is 949 g/mol. The van der Waals surface area contributed by atoms with Crippen LogP contribution in [0.4, 0.5) is 0 Å². The number of hydrogen-bond donors (Lipinski definition) is 0. The van der Waals surface area contributed by atoms with E-state index in [-0.39, 0.29) is 37.5 Å². The number of rotatable bonds is 63. The van der Waals surface area contributed by atoms with Crippen molar-refractivity contribution in [2.45, 2.75) is 374 Å². The second-order valence-electron chi connectivity index (χ2n) is 23.1. The molecule has 0 aromatic rings. The zero-order chi connectivity index (χ0) is 55.7. The highest BCUT2D eigenvalue weighted by atomic mass is 16.6. The molecule has 0 radical (unpaired) electrons. The van der Waals surface area contributed by atoms with E-state index >= 15 is 0 Å². The number of carbonyl (C=O) groups is 3. The summed E-state index contributed by atoms with van der Waals surface area (Å²) in [5, 5.41) is 0. The summed E-state index contributed by atoms with van der Waals surface area (Å²) in [6.45, 7) is 6.52. The summed E-state index contributed by atoms with van der Waals surface area (Å²) in [5.41, 5.74) is 0. The zero-order valence-corrected chi connectivity index (χ0v) is 51.7. The topological polar surface area (TPSA) is 78.9 Å². The molecule has 0 spiro atoms. The Morgan fingerprint density at radius 2 is 0.506 bits per heavy atom. The highest BCUT2D eigenvalue weighted by Gasteiger charge is 2.19. The third-order valence-corrected chi connectivity index (χ3v) is 15.4. The van der Waals surface area contributed by atoms with E-state index in [9.17, 15) is 14.4 Å². The van der Waals surface area contributed by atoms with Crippen LogP contribution in [0.5, 0.6) is 0 Å². The smallest absolute Gasteiger partial charge is 0.306 e. The van der Waals surface area contributed by atoms with Crippen LogP contribution in [0.1, 0.15) is 367 Å². The maximum Gasteiger partial charge on any atom is 0.306 e. The van der Waals surface area contributed by atoms with Crippen molar-refractivity contribution in [2.75, 3.05) is 13.2 Å². The van der Waals surface area contributed by atoms with E-state index in [0.717, 1.165) is 64.2 Å². The number of hydrogen-bond acceptors (Lipinski definition) is 6. The lowest BCUT2D eigenvalue weighted by atomic mass is 10.0. The van der Waals surface area contributed by atoms with Crippen LogP contribution < -0.4 is 0 Å². The summed E-state index contributed by atoms with van der Waals surface area (Å²) in [5.74, 6) is -0.953. The van der Waals surface area contributed by atoms with E-state index in [0.29, 0.717) is 19.3 Å². The first kappa shape index (κ1) is 74.4. The quantitative estimate of drug-likeness (QED) is 0.0261. The number of carbonyl (C=O) groups excluding carboxylic acids is 3. The van der Waals surface area contributed by atoms with Gasteiger partial charge in [-0.25, -0.2) is 0 Å². The summed E-state index contributed by atoms with van der Waals surface area (Å²) in [6, 6.07) is 0. The van der Waals surface area contributed by atoms with Crippen molar-refractivity contribution in [1.82, 2.24) is 0 Å². The molecule has 0 heterocycles. The Morgan fingerprint density at radius 1 is 0.273 bits per heavy atom. The molecule has 1 atom stereocenters. The molecule has 1 unspecified atom stereocenters. The van der Waals surface area contributed by atoms with Gasteiger partial charge in [0.25, 0.3) is 0 Å². The summed E-state index contributed by atoms with van der Waals surface area (Å²) in [6.07, 6.45) is 83.2. The number of esters is 3. The molecule has 0 amide bonds. The second kappa shape index (κ2) is 65.9. The van der Waals surface area contributed by atoms with Crippen LogP contribution in [0, 0.1) is 0 Å². The number of allylic oxidation sites excluding steroid dienone is 8. The van der Waals surface area contributed by atoms with Crippen LogP contribution in [0.3, 0.4) is 0 Å². The van der Waals surface area contributed by atoms with Crippen LogP contribution in [0.2, 0.25) is 0 Å². The van der Waals surface area contributed by atoms with Crippen molar-refractivity contribution in [3.05, 3.63) is 48.6 Å². The van der Waals surface area contributed by atoms with E-state index in [1.807, 2.05) is 6.08 Å². The van der Waals surface area contributed by atoms with Crippen molar-refractivity contribution in [3.63, 3.8) is 0 Å². The summed E-state index contributed by atoms with van der Waals surface area (Å²) in [7, 11) is 0. The van der Waals surface area contributed by atoms with E-state index in [4.69, 9.17) is 14.2 Å². The average molecular weight is 1080 g/mol. The minimum absolute atomic E-state index is 0.0901. The van der Waals surface area contributed by atoms with Crippen LogP contribution >= 0.6 is 0 Å². The fraction of sp³-hybridized carbons (Fsp3) is 0.845. The first-order chi connectivity index (χ1) is 38.0. The number of unbranched alkanes of at least 4 members (excludes halogenated alkanes) is 44.